The molecule has 0 saturated carbocycles. The summed E-state index contributed by atoms with van der Waals surface area (Å²) in [6.45, 7) is 6.46. The molecule has 0 saturated heterocycles. The molecule has 3 N–H and O–H groups in total. The molecule has 0 unspecified atom stereocenters. The molecule has 0 spiro atoms. The van der Waals surface area contributed by atoms with Crippen LogP contribution < -0.4 is 10.6 Å². The van der Waals surface area contributed by atoms with Gasteiger partial charge in [0.1, 0.15) is 5.69 Å². The Morgan fingerprint density at radius 1 is 1.08 bits per heavy atom. The van der Waals surface area contributed by atoms with Crippen molar-refractivity contribution in [2.24, 2.45) is 0 Å². The molecule has 1 rings (SSSR count). The zero-order valence-electron chi connectivity index (χ0n) is 7.88. The summed E-state index contributed by atoms with van der Waals surface area (Å²) in [6.07, 6.45) is 0. The van der Waals surface area contributed by atoms with Gasteiger partial charge in [0.15, 0.2) is 0 Å². The van der Waals surface area contributed by atoms with Crippen molar-refractivity contribution in [3.63, 3.8) is 0 Å². The normalized spacial score (nSPS) is 9.92. The Kier molecular flexibility index (Phi) is 3.11. The van der Waals surface area contributed by atoms with Crippen molar-refractivity contribution < 1.29 is 5.73 Å². The third kappa shape index (κ3) is 1.98. The third-order valence-corrected chi connectivity index (χ3v) is 2.06. The molecule has 0 fully saturated rings. The van der Waals surface area contributed by atoms with Crippen LogP contribution in [-0.4, -0.2) is 13.1 Å². The van der Waals surface area contributed by atoms with E-state index in [0.717, 1.165) is 18.8 Å². The minimum Gasteiger partial charge on any atom is -0.372 e. The highest BCUT2D eigenvalue weighted by molar-refractivity contribution is 5.50. The second kappa shape index (κ2) is 4.12. The van der Waals surface area contributed by atoms with Gasteiger partial charge in [-0.2, -0.15) is 0 Å². The largest absolute Gasteiger partial charge is 0.372 e. The predicted octanol–water partition coefficient (Wildman–Crippen LogP) is 1.41. The quantitative estimate of drug-likeness (QED) is 0.721. The molecule has 66 valence electrons. The number of hydrogen-bond acceptors (Lipinski definition) is 1. The van der Waals surface area contributed by atoms with Gasteiger partial charge in [0, 0.05) is 30.9 Å². The van der Waals surface area contributed by atoms with Crippen molar-refractivity contribution in [3.05, 3.63) is 24.3 Å². The Labute approximate surface area is 74.0 Å². The Balaban J connectivity index is 2.80. The van der Waals surface area contributed by atoms with E-state index in [1.54, 1.807) is 0 Å². The standard InChI is InChI=1S/C10H16N2/c1-3-12(4-2)10-7-5-9(11)6-8-10/h5-8H,3-4,11H2,1-2H3/p+1. The molecule has 0 aromatic heterocycles. The Bertz CT molecular complexity index is 224. The molecule has 0 aliphatic heterocycles. The number of hydrogen-bond donors (Lipinski definition) is 1. The first-order chi connectivity index (χ1) is 5.77. The van der Waals surface area contributed by atoms with E-state index in [2.05, 4.69) is 36.6 Å². The fraction of sp³-hybridized carbons (Fsp3) is 0.400. The number of quaternary nitrogens is 1. The van der Waals surface area contributed by atoms with E-state index in [0.29, 0.717) is 0 Å². The maximum absolute atomic E-state index is 3.85. The van der Waals surface area contributed by atoms with Gasteiger partial charge in [0.25, 0.3) is 0 Å². The number of nitrogens with zero attached hydrogens (tertiary/aromatic N) is 1. The average molecular weight is 165 g/mol. The van der Waals surface area contributed by atoms with Gasteiger partial charge in [0.05, 0.1) is 0 Å². The van der Waals surface area contributed by atoms with Crippen LogP contribution in [0, 0.1) is 0 Å². The van der Waals surface area contributed by atoms with Crippen LogP contribution in [0.5, 0.6) is 0 Å². The zero-order valence-corrected chi connectivity index (χ0v) is 7.88. The maximum Gasteiger partial charge on any atom is 0.128 e. The van der Waals surface area contributed by atoms with Crippen LogP contribution >= 0.6 is 0 Å². The fourth-order valence-electron chi connectivity index (χ4n) is 1.30. The van der Waals surface area contributed by atoms with Gasteiger partial charge >= 0.3 is 0 Å². The van der Waals surface area contributed by atoms with E-state index < -0.39 is 0 Å². The highest BCUT2D eigenvalue weighted by Crippen LogP contribution is 2.14. The molecule has 2 heteroatoms. The third-order valence-electron chi connectivity index (χ3n) is 2.06. The monoisotopic (exact) mass is 165 g/mol. The van der Waals surface area contributed by atoms with Crippen LogP contribution in [0.2, 0.25) is 0 Å². The molecule has 0 aliphatic rings. The zero-order chi connectivity index (χ0) is 8.97. The molecule has 0 bridgehead atoms. The molecule has 0 atom stereocenters. The summed E-state index contributed by atoms with van der Waals surface area (Å²) >= 11 is 0. The van der Waals surface area contributed by atoms with Crippen LogP contribution in [0.15, 0.2) is 24.3 Å². The maximum atomic E-state index is 3.85. The smallest absolute Gasteiger partial charge is 0.128 e. The average Bonchev–Trinajstić information content (AvgIpc) is 2.10. The molecule has 2 nitrogen and oxygen atoms in total. The fourth-order valence-corrected chi connectivity index (χ4v) is 1.30. The summed E-state index contributed by atoms with van der Waals surface area (Å²) in [4.78, 5) is 2.32. The summed E-state index contributed by atoms with van der Waals surface area (Å²) in [5.74, 6) is 0. The van der Waals surface area contributed by atoms with Crippen molar-refractivity contribution in [2.45, 2.75) is 13.8 Å². The SMILES string of the molecule is CCN(CC)c1ccc([NH3+])cc1. The van der Waals surface area contributed by atoms with Crippen LogP contribution in [-0.2, 0) is 0 Å². The first-order valence-corrected chi connectivity index (χ1v) is 4.45. The van der Waals surface area contributed by atoms with E-state index in [9.17, 15) is 0 Å². The van der Waals surface area contributed by atoms with Gasteiger partial charge in [-0.05, 0) is 26.0 Å². The lowest BCUT2D eigenvalue weighted by Gasteiger charge is -2.20. The molecular formula is C10H17N2+. The first kappa shape index (κ1) is 9.07. The lowest BCUT2D eigenvalue weighted by molar-refractivity contribution is -0.254. The van der Waals surface area contributed by atoms with E-state index in [1.165, 1.54) is 5.69 Å². The van der Waals surface area contributed by atoms with Crippen LogP contribution in [0.1, 0.15) is 13.8 Å². The number of anilines is 1. The summed E-state index contributed by atoms with van der Waals surface area (Å²) < 4.78 is 0. The van der Waals surface area contributed by atoms with Gasteiger partial charge in [-0.1, -0.05) is 0 Å². The number of benzene rings is 1. The van der Waals surface area contributed by atoms with Crippen LogP contribution in [0.4, 0.5) is 11.4 Å². The number of rotatable bonds is 3. The van der Waals surface area contributed by atoms with Crippen molar-refractivity contribution in [3.8, 4) is 0 Å². The Morgan fingerprint density at radius 2 is 1.58 bits per heavy atom. The van der Waals surface area contributed by atoms with Crippen molar-refractivity contribution in [1.82, 2.24) is 0 Å². The van der Waals surface area contributed by atoms with E-state index >= 15 is 0 Å². The Hall–Kier alpha value is -1.02. The molecule has 0 heterocycles. The van der Waals surface area contributed by atoms with Gasteiger partial charge in [-0.3, -0.25) is 0 Å². The highest BCUT2D eigenvalue weighted by atomic mass is 15.1. The molecule has 1 aromatic carbocycles. The second-order valence-corrected chi connectivity index (χ2v) is 2.84. The molecule has 1 aromatic rings. The minimum absolute atomic E-state index is 1.06. The molecule has 0 aliphatic carbocycles. The molecule has 0 radical (unpaired) electrons. The Morgan fingerprint density at radius 3 is 2.00 bits per heavy atom. The highest BCUT2D eigenvalue weighted by Gasteiger charge is 1.99. The summed E-state index contributed by atoms with van der Waals surface area (Å²) in [7, 11) is 0. The second-order valence-electron chi connectivity index (χ2n) is 2.84. The molecule has 0 amide bonds. The molecular weight excluding hydrogens is 148 g/mol. The van der Waals surface area contributed by atoms with Crippen molar-refractivity contribution >= 4 is 11.4 Å². The van der Waals surface area contributed by atoms with E-state index in [-0.39, 0.29) is 0 Å². The van der Waals surface area contributed by atoms with Crippen molar-refractivity contribution in [2.75, 3.05) is 18.0 Å². The summed E-state index contributed by atoms with van der Waals surface area (Å²) in [5.41, 5.74) is 6.21. The van der Waals surface area contributed by atoms with E-state index in [1.807, 2.05) is 12.1 Å². The molecule has 12 heavy (non-hydrogen) atoms. The van der Waals surface area contributed by atoms with Crippen LogP contribution in [0.3, 0.4) is 0 Å². The predicted molar refractivity (Wildman–Crippen MR) is 52.6 cm³/mol. The lowest BCUT2D eigenvalue weighted by atomic mass is 10.2. The van der Waals surface area contributed by atoms with Gasteiger partial charge in [0.2, 0.25) is 0 Å². The lowest BCUT2D eigenvalue weighted by Crippen LogP contribution is -2.40. The van der Waals surface area contributed by atoms with Gasteiger partial charge in [-0.15, -0.1) is 0 Å². The van der Waals surface area contributed by atoms with E-state index in [4.69, 9.17) is 0 Å². The summed E-state index contributed by atoms with van der Waals surface area (Å²) in [6, 6.07) is 8.34. The topological polar surface area (TPSA) is 30.9 Å². The van der Waals surface area contributed by atoms with Crippen molar-refractivity contribution in [1.29, 1.82) is 0 Å². The minimum atomic E-state index is 1.06. The summed E-state index contributed by atoms with van der Waals surface area (Å²) in [5, 5.41) is 0. The van der Waals surface area contributed by atoms with Gasteiger partial charge < -0.3 is 10.6 Å². The van der Waals surface area contributed by atoms with Crippen LogP contribution in [0.25, 0.3) is 0 Å². The van der Waals surface area contributed by atoms with Gasteiger partial charge in [-0.25, -0.2) is 0 Å². The first-order valence-electron chi connectivity index (χ1n) is 4.45.